The minimum Gasteiger partial charge on any atom is -0.373 e. The van der Waals surface area contributed by atoms with Crippen molar-refractivity contribution in [3.63, 3.8) is 0 Å². The van der Waals surface area contributed by atoms with E-state index in [1.54, 1.807) is 0 Å². The predicted octanol–water partition coefficient (Wildman–Crippen LogP) is 5.51. The summed E-state index contributed by atoms with van der Waals surface area (Å²) in [5.41, 5.74) is 0.684. The van der Waals surface area contributed by atoms with Crippen molar-refractivity contribution in [3.8, 4) is 0 Å². The molecule has 0 atom stereocenters. The number of unbranched alkanes of at least 4 members (excludes halogenated alkanes) is 1. The molecule has 25 heavy (non-hydrogen) atoms. The number of halogens is 2. The molecule has 1 rings (SSSR count). The Balaban J connectivity index is 2.58. The van der Waals surface area contributed by atoms with Crippen LogP contribution in [-0.4, -0.2) is 28.6 Å². The van der Waals surface area contributed by atoms with Gasteiger partial charge in [-0.15, -0.1) is 0 Å². The van der Waals surface area contributed by atoms with Gasteiger partial charge in [0.2, 0.25) is 0 Å². The van der Waals surface area contributed by atoms with E-state index in [1.807, 2.05) is 0 Å². The van der Waals surface area contributed by atoms with Gasteiger partial charge in [0.1, 0.15) is 11.6 Å². The molecule has 0 aliphatic rings. The molecule has 0 aliphatic heterocycles. The zero-order chi connectivity index (χ0) is 18.5. The molecule has 0 bridgehead atoms. The maximum atomic E-state index is 13.3. The first-order valence-electron chi connectivity index (χ1n) is 9.42. The van der Waals surface area contributed by atoms with Crippen molar-refractivity contribution in [3.05, 3.63) is 35.4 Å². The number of hydrogen-bond acceptors (Lipinski definition) is 3. The maximum absolute atomic E-state index is 13.3. The summed E-state index contributed by atoms with van der Waals surface area (Å²) in [6.45, 7) is 8.10. The van der Waals surface area contributed by atoms with E-state index in [1.165, 1.54) is 12.1 Å². The predicted molar refractivity (Wildman–Crippen MR) is 98.6 cm³/mol. The summed E-state index contributed by atoms with van der Waals surface area (Å²) in [5, 5.41) is 0. The molecule has 0 amide bonds. The first-order chi connectivity index (χ1) is 12.0. The van der Waals surface area contributed by atoms with Crippen molar-refractivity contribution in [1.82, 2.24) is 0 Å². The zero-order valence-electron chi connectivity index (χ0n) is 15.8. The van der Waals surface area contributed by atoms with Crippen LogP contribution in [0.2, 0.25) is 6.04 Å². The molecule has 0 N–H and O–H groups in total. The van der Waals surface area contributed by atoms with Crippen LogP contribution in [0.4, 0.5) is 8.78 Å². The Morgan fingerprint density at radius 2 is 1.24 bits per heavy atom. The van der Waals surface area contributed by atoms with E-state index in [-0.39, 0.29) is 0 Å². The van der Waals surface area contributed by atoms with Crippen LogP contribution in [0.5, 0.6) is 0 Å². The molecule has 1 aromatic carbocycles. The van der Waals surface area contributed by atoms with Gasteiger partial charge in [0.15, 0.2) is 0 Å². The standard InChI is InChI=1S/C19H32F2O3Si/c1-4-10-22-25(23-11-5-2,24-12-6-3)13-8-7-9-17-14-18(20)16-19(21)15-17/h14-16H,4-13H2,1-3H3. The van der Waals surface area contributed by atoms with Crippen LogP contribution in [0.15, 0.2) is 18.2 Å². The summed E-state index contributed by atoms with van der Waals surface area (Å²) in [6, 6.07) is 4.42. The molecule has 0 saturated heterocycles. The molecule has 144 valence electrons. The summed E-state index contributed by atoms with van der Waals surface area (Å²) < 4.78 is 44.6. The molecule has 0 radical (unpaired) electrons. The lowest BCUT2D eigenvalue weighted by molar-refractivity contribution is 0.0586. The third kappa shape index (κ3) is 8.90. The molecular formula is C19H32F2O3Si. The van der Waals surface area contributed by atoms with Gasteiger partial charge in [-0.3, -0.25) is 0 Å². The van der Waals surface area contributed by atoms with E-state index < -0.39 is 20.4 Å². The molecule has 0 unspecified atom stereocenters. The highest BCUT2D eigenvalue weighted by Crippen LogP contribution is 2.22. The minimum atomic E-state index is -2.67. The number of hydrogen-bond donors (Lipinski definition) is 0. The van der Waals surface area contributed by atoms with Crippen molar-refractivity contribution >= 4 is 8.80 Å². The number of aryl methyl sites for hydroxylation is 1. The fourth-order valence-electron chi connectivity index (χ4n) is 2.54. The Labute approximate surface area is 152 Å². The van der Waals surface area contributed by atoms with Crippen molar-refractivity contribution in [2.45, 2.75) is 65.3 Å². The van der Waals surface area contributed by atoms with Gasteiger partial charge < -0.3 is 13.3 Å². The van der Waals surface area contributed by atoms with Crippen LogP contribution in [0, 0.1) is 11.6 Å². The van der Waals surface area contributed by atoms with E-state index in [4.69, 9.17) is 13.3 Å². The molecule has 0 aliphatic carbocycles. The van der Waals surface area contributed by atoms with Gasteiger partial charge in [-0.1, -0.05) is 20.8 Å². The first-order valence-corrected chi connectivity index (χ1v) is 11.3. The Morgan fingerprint density at radius 3 is 1.68 bits per heavy atom. The van der Waals surface area contributed by atoms with E-state index in [2.05, 4.69) is 20.8 Å². The highest BCUT2D eigenvalue weighted by atomic mass is 28.4. The molecule has 6 heteroatoms. The minimum absolute atomic E-state index is 0.525. The lowest BCUT2D eigenvalue weighted by atomic mass is 10.1. The van der Waals surface area contributed by atoms with Crippen molar-refractivity contribution in [2.75, 3.05) is 19.8 Å². The molecule has 0 fully saturated rings. The summed E-state index contributed by atoms with van der Waals surface area (Å²) in [7, 11) is -2.67. The Hall–Kier alpha value is -0.823. The molecule has 0 heterocycles. The van der Waals surface area contributed by atoms with Crippen LogP contribution in [0.3, 0.4) is 0 Å². The van der Waals surface area contributed by atoms with E-state index in [0.29, 0.717) is 31.8 Å². The fraction of sp³-hybridized carbons (Fsp3) is 0.684. The summed E-state index contributed by atoms with van der Waals surface area (Å²) in [6.07, 6.45) is 5.06. The van der Waals surface area contributed by atoms with Crippen LogP contribution in [-0.2, 0) is 19.7 Å². The molecule has 0 aromatic heterocycles. The van der Waals surface area contributed by atoms with Gasteiger partial charge in [-0.25, -0.2) is 8.78 Å². The van der Waals surface area contributed by atoms with Gasteiger partial charge >= 0.3 is 8.80 Å². The Bertz CT molecular complexity index is 444. The summed E-state index contributed by atoms with van der Waals surface area (Å²) >= 11 is 0. The SMILES string of the molecule is CCCO[Si](CCCCc1cc(F)cc(F)c1)(OCCC)OCCC. The fourth-order valence-corrected chi connectivity index (χ4v) is 5.45. The monoisotopic (exact) mass is 374 g/mol. The first kappa shape index (κ1) is 22.2. The summed E-state index contributed by atoms with van der Waals surface area (Å²) in [5.74, 6) is -1.05. The topological polar surface area (TPSA) is 27.7 Å². The van der Waals surface area contributed by atoms with Crippen molar-refractivity contribution < 1.29 is 22.1 Å². The van der Waals surface area contributed by atoms with Crippen LogP contribution >= 0.6 is 0 Å². The lowest BCUT2D eigenvalue weighted by Gasteiger charge is -2.29. The van der Waals surface area contributed by atoms with E-state index in [9.17, 15) is 8.78 Å². The molecule has 0 spiro atoms. The van der Waals surface area contributed by atoms with Crippen LogP contribution < -0.4 is 0 Å². The second-order valence-electron chi connectivity index (χ2n) is 6.21. The second kappa shape index (κ2) is 12.5. The summed E-state index contributed by atoms with van der Waals surface area (Å²) in [4.78, 5) is 0. The van der Waals surface area contributed by atoms with Gasteiger partial charge in [0, 0.05) is 31.9 Å². The number of rotatable bonds is 14. The van der Waals surface area contributed by atoms with Gasteiger partial charge in [-0.05, 0) is 56.2 Å². The van der Waals surface area contributed by atoms with Gasteiger partial charge in [0.05, 0.1) is 0 Å². The average molecular weight is 375 g/mol. The lowest BCUT2D eigenvalue weighted by Crippen LogP contribution is -2.46. The van der Waals surface area contributed by atoms with Gasteiger partial charge in [-0.2, -0.15) is 0 Å². The van der Waals surface area contributed by atoms with Crippen molar-refractivity contribution in [2.24, 2.45) is 0 Å². The average Bonchev–Trinajstić information content (AvgIpc) is 2.58. The molecule has 1 aromatic rings. The van der Waals surface area contributed by atoms with Crippen molar-refractivity contribution in [1.29, 1.82) is 0 Å². The smallest absolute Gasteiger partial charge is 0.373 e. The number of benzene rings is 1. The largest absolute Gasteiger partial charge is 0.500 e. The van der Waals surface area contributed by atoms with Crippen LogP contribution in [0.25, 0.3) is 0 Å². The zero-order valence-corrected chi connectivity index (χ0v) is 16.8. The van der Waals surface area contributed by atoms with Gasteiger partial charge in [0.25, 0.3) is 0 Å². The quantitative estimate of drug-likeness (QED) is 0.318. The van der Waals surface area contributed by atoms with E-state index >= 15 is 0 Å². The highest BCUT2D eigenvalue weighted by Gasteiger charge is 2.40. The molecular weight excluding hydrogens is 342 g/mol. The third-order valence-corrected chi connectivity index (χ3v) is 6.60. The molecule has 3 nitrogen and oxygen atoms in total. The normalized spacial score (nSPS) is 11.9. The maximum Gasteiger partial charge on any atom is 0.500 e. The Kier molecular flexibility index (Phi) is 11.1. The molecule has 0 saturated carbocycles. The third-order valence-electron chi connectivity index (χ3n) is 3.70. The van der Waals surface area contributed by atoms with Crippen LogP contribution in [0.1, 0.15) is 58.4 Å². The Morgan fingerprint density at radius 1 is 0.760 bits per heavy atom. The highest BCUT2D eigenvalue weighted by molar-refractivity contribution is 6.60. The van der Waals surface area contributed by atoms with E-state index in [0.717, 1.165) is 44.2 Å². The second-order valence-corrected chi connectivity index (χ2v) is 8.95.